The molecular formula is C15H23NO. The van der Waals surface area contributed by atoms with Crippen molar-refractivity contribution in [3.05, 3.63) is 35.4 Å². The molecule has 0 saturated heterocycles. The van der Waals surface area contributed by atoms with Crippen LogP contribution in [-0.2, 0) is 0 Å². The molecule has 2 N–H and O–H groups in total. The largest absolute Gasteiger partial charge is 0.330 e. The molecule has 2 unspecified atom stereocenters. The van der Waals surface area contributed by atoms with Crippen molar-refractivity contribution in [3.63, 3.8) is 0 Å². The van der Waals surface area contributed by atoms with Gasteiger partial charge in [-0.05, 0) is 30.4 Å². The zero-order chi connectivity index (χ0) is 12.8. The van der Waals surface area contributed by atoms with Crippen molar-refractivity contribution >= 4 is 5.78 Å². The van der Waals surface area contributed by atoms with Crippen molar-refractivity contribution in [2.24, 2.45) is 11.7 Å². The molecule has 0 heterocycles. The van der Waals surface area contributed by atoms with E-state index in [-0.39, 0.29) is 11.7 Å². The molecule has 0 amide bonds. The molecule has 2 nitrogen and oxygen atoms in total. The summed E-state index contributed by atoms with van der Waals surface area (Å²) in [6, 6.07) is 8.00. The number of carbonyl (C=O) groups excluding carboxylic acids is 1. The number of Topliss-reactive ketones (excluding diaryl/α,β-unsaturated/α-hetero) is 1. The first-order valence-corrected chi connectivity index (χ1v) is 6.41. The molecule has 0 spiro atoms. The van der Waals surface area contributed by atoms with Crippen LogP contribution >= 0.6 is 0 Å². The summed E-state index contributed by atoms with van der Waals surface area (Å²) in [6.45, 7) is 6.95. The molecule has 0 aliphatic heterocycles. The molecule has 0 bridgehead atoms. The van der Waals surface area contributed by atoms with Gasteiger partial charge in [-0.2, -0.15) is 0 Å². The molecule has 17 heavy (non-hydrogen) atoms. The first-order valence-electron chi connectivity index (χ1n) is 6.41. The smallest absolute Gasteiger partial charge is 0.163 e. The monoisotopic (exact) mass is 233 g/mol. The molecule has 1 aromatic carbocycles. The van der Waals surface area contributed by atoms with Gasteiger partial charge in [-0.15, -0.1) is 0 Å². The highest BCUT2D eigenvalue weighted by atomic mass is 16.1. The second kappa shape index (κ2) is 6.55. The number of hydrogen-bond donors (Lipinski definition) is 1. The Morgan fingerprint density at radius 1 is 1.24 bits per heavy atom. The molecule has 2 atom stereocenters. The molecule has 1 rings (SSSR count). The Morgan fingerprint density at radius 2 is 1.82 bits per heavy atom. The molecule has 2 heteroatoms. The average Bonchev–Trinajstić information content (AvgIpc) is 2.37. The summed E-state index contributed by atoms with van der Waals surface area (Å²) in [7, 11) is 0. The zero-order valence-corrected chi connectivity index (χ0v) is 11.1. The highest BCUT2D eigenvalue weighted by Gasteiger charge is 2.10. The van der Waals surface area contributed by atoms with E-state index in [9.17, 15) is 4.79 Å². The van der Waals surface area contributed by atoms with Gasteiger partial charge in [0.15, 0.2) is 5.78 Å². The fraction of sp³-hybridized carbons (Fsp3) is 0.533. The normalized spacial score (nSPS) is 14.4. The van der Waals surface area contributed by atoms with Gasteiger partial charge in [-0.25, -0.2) is 0 Å². The van der Waals surface area contributed by atoms with Crippen LogP contribution in [0, 0.1) is 5.92 Å². The Balaban J connectivity index is 2.70. The van der Waals surface area contributed by atoms with Crippen LogP contribution < -0.4 is 5.73 Å². The summed E-state index contributed by atoms with van der Waals surface area (Å²) in [4.78, 5) is 11.9. The highest BCUT2D eigenvalue weighted by molar-refractivity contribution is 5.96. The van der Waals surface area contributed by atoms with Crippen molar-refractivity contribution < 1.29 is 4.79 Å². The Hall–Kier alpha value is -1.15. The van der Waals surface area contributed by atoms with Gasteiger partial charge < -0.3 is 5.73 Å². The fourth-order valence-corrected chi connectivity index (χ4v) is 1.75. The standard InChI is InChI=1S/C15H23NO/c1-4-12(3)13-5-7-14(8-6-13)15(17)9-11(2)10-16/h5-8,11-12H,4,9-10,16H2,1-3H3. The Morgan fingerprint density at radius 3 is 2.29 bits per heavy atom. The molecule has 1 aromatic rings. The summed E-state index contributed by atoms with van der Waals surface area (Å²) < 4.78 is 0. The minimum atomic E-state index is 0.193. The number of hydrogen-bond acceptors (Lipinski definition) is 2. The van der Waals surface area contributed by atoms with Crippen molar-refractivity contribution in [3.8, 4) is 0 Å². The summed E-state index contributed by atoms with van der Waals surface area (Å²) in [6.07, 6.45) is 1.66. The molecule has 94 valence electrons. The van der Waals surface area contributed by atoms with Crippen LogP contribution in [0.15, 0.2) is 24.3 Å². The molecule has 0 saturated carbocycles. The second-order valence-corrected chi connectivity index (χ2v) is 4.90. The maximum absolute atomic E-state index is 11.9. The predicted octanol–water partition coefficient (Wildman–Crippen LogP) is 3.37. The van der Waals surface area contributed by atoms with E-state index in [0.29, 0.717) is 18.9 Å². The van der Waals surface area contributed by atoms with E-state index in [1.165, 1.54) is 5.56 Å². The van der Waals surface area contributed by atoms with E-state index < -0.39 is 0 Å². The van der Waals surface area contributed by atoms with E-state index in [1.807, 2.05) is 19.1 Å². The zero-order valence-electron chi connectivity index (χ0n) is 11.1. The summed E-state index contributed by atoms with van der Waals surface area (Å²) in [5.74, 6) is 1.01. The van der Waals surface area contributed by atoms with Crippen LogP contribution in [0.1, 0.15) is 55.5 Å². The van der Waals surface area contributed by atoms with Crippen LogP contribution in [0.2, 0.25) is 0 Å². The molecule has 0 fully saturated rings. The van der Waals surface area contributed by atoms with Crippen LogP contribution in [-0.4, -0.2) is 12.3 Å². The van der Waals surface area contributed by atoms with Gasteiger partial charge in [0, 0.05) is 12.0 Å². The lowest BCUT2D eigenvalue weighted by atomic mass is 9.95. The van der Waals surface area contributed by atoms with Crippen molar-refractivity contribution in [1.82, 2.24) is 0 Å². The van der Waals surface area contributed by atoms with Gasteiger partial charge >= 0.3 is 0 Å². The molecule has 0 aliphatic rings. The van der Waals surface area contributed by atoms with Crippen LogP contribution in [0.25, 0.3) is 0 Å². The van der Waals surface area contributed by atoms with Gasteiger partial charge in [0.2, 0.25) is 0 Å². The maximum Gasteiger partial charge on any atom is 0.163 e. The first-order chi connectivity index (χ1) is 8.08. The van der Waals surface area contributed by atoms with Crippen LogP contribution in [0.4, 0.5) is 0 Å². The fourth-order valence-electron chi connectivity index (χ4n) is 1.75. The number of benzene rings is 1. The number of carbonyl (C=O) groups is 1. The summed E-state index contributed by atoms with van der Waals surface area (Å²) in [5.41, 5.74) is 7.63. The van der Waals surface area contributed by atoms with E-state index in [0.717, 1.165) is 12.0 Å². The molecule has 0 aromatic heterocycles. The topological polar surface area (TPSA) is 43.1 Å². The SMILES string of the molecule is CCC(C)c1ccc(C(=O)CC(C)CN)cc1. The molecule has 0 aliphatic carbocycles. The highest BCUT2D eigenvalue weighted by Crippen LogP contribution is 2.19. The Labute approximate surface area is 104 Å². The van der Waals surface area contributed by atoms with Gasteiger partial charge in [0.1, 0.15) is 0 Å². The number of ketones is 1. The minimum absolute atomic E-state index is 0.193. The Kier molecular flexibility index (Phi) is 5.36. The van der Waals surface area contributed by atoms with Gasteiger partial charge in [0.25, 0.3) is 0 Å². The number of nitrogens with two attached hydrogens (primary N) is 1. The van der Waals surface area contributed by atoms with Crippen molar-refractivity contribution in [2.75, 3.05) is 6.54 Å². The third kappa shape index (κ3) is 3.97. The van der Waals surface area contributed by atoms with E-state index in [1.54, 1.807) is 0 Å². The maximum atomic E-state index is 11.9. The average molecular weight is 233 g/mol. The van der Waals surface area contributed by atoms with E-state index in [4.69, 9.17) is 5.73 Å². The lowest BCUT2D eigenvalue weighted by molar-refractivity contribution is 0.0966. The van der Waals surface area contributed by atoms with Crippen LogP contribution in [0.5, 0.6) is 0 Å². The van der Waals surface area contributed by atoms with E-state index in [2.05, 4.69) is 26.0 Å². The van der Waals surface area contributed by atoms with Crippen molar-refractivity contribution in [2.45, 2.75) is 39.5 Å². The molecular weight excluding hydrogens is 210 g/mol. The van der Waals surface area contributed by atoms with Crippen LogP contribution in [0.3, 0.4) is 0 Å². The Bertz CT molecular complexity index is 356. The first kappa shape index (κ1) is 13.9. The third-order valence-corrected chi connectivity index (χ3v) is 3.35. The minimum Gasteiger partial charge on any atom is -0.330 e. The second-order valence-electron chi connectivity index (χ2n) is 4.90. The predicted molar refractivity (Wildman–Crippen MR) is 72.3 cm³/mol. The van der Waals surface area contributed by atoms with Crippen molar-refractivity contribution in [1.29, 1.82) is 0 Å². The molecule has 0 radical (unpaired) electrons. The number of rotatable bonds is 6. The van der Waals surface area contributed by atoms with Gasteiger partial charge in [-0.3, -0.25) is 4.79 Å². The third-order valence-electron chi connectivity index (χ3n) is 3.35. The van der Waals surface area contributed by atoms with E-state index >= 15 is 0 Å². The van der Waals surface area contributed by atoms with Gasteiger partial charge in [-0.1, -0.05) is 45.0 Å². The van der Waals surface area contributed by atoms with Gasteiger partial charge in [0.05, 0.1) is 0 Å². The summed E-state index contributed by atoms with van der Waals surface area (Å²) >= 11 is 0. The summed E-state index contributed by atoms with van der Waals surface area (Å²) in [5, 5.41) is 0. The quantitative estimate of drug-likeness (QED) is 0.765. The lowest BCUT2D eigenvalue weighted by Crippen LogP contribution is -2.15. The lowest BCUT2D eigenvalue weighted by Gasteiger charge is -2.10.